The zero-order valence-corrected chi connectivity index (χ0v) is 24.9. The van der Waals surface area contributed by atoms with Crippen LogP contribution in [0.4, 0.5) is 5.69 Å². The van der Waals surface area contributed by atoms with Crippen molar-refractivity contribution in [2.24, 2.45) is 5.10 Å². The van der Waals surface area contributed by atoms with Gasteiger partial charge in [0.05, 0.1) is 29.8 Å². The molecule has 1 aromatic heterocycles. The van der Waals surface area contributed by atoms with E-state index in [2.05, 4.69) is 26.8 Å². The summed E-state index contributed by atoms with van der Waals surface area (Å²) in [5.41, 5.74) is 5.05. The van der Waals surface area contributed by atoms with Crippen molar-refractivity contribution < 1.29 is 9.47 Å². The van der Waals surface area contributed by atoms with Crippen molar-refractivity contribution in [3.63, 3.8) is 0 Å². The molecular formula is C33H40N4O3. The minimum Gasteiger partial charge on any atom is -0.494 e. The lowest BCUT2D eigenvalue weighted by Gasteiger charge is -2.19. The molecule has 7 nitrogen and oxygen atoms in total. The fourth-order valence-electron chi connectivity index (χ4n) is 4.51. The highest BCUT2D eigenvalue weighted by Gasteiger charge is 2.19. The van der Waals surface area contributed by atoms with Crippen molar-refractivity contribution >= 4 is 22.8 Å². The van der Waals surface area contributed by atoms with Gasteiger partial charge in [-0.25, -0.2) is 4.98 Å². The summed E-state index contributed by atoms with van der Waals surface area (Å²) in [5, 5.41) is 5.25. The highest BCUT2D eigenvalue weighted by atomic mass is 16.5. The number of hydrogen-bond donors (Lipinski definition) is 0. The smallest absolute Gasteiger partial charge is 0.282 e. The van der Waals surface area contributed by atoms with Crippen LogP contribution in [0.25, 0.3) is 22.3 Å². The zero-order valence-electron chi connectivity index (χ0n) is 24.9. The fourth-order valence-corrected chi connectivity index (χ4v) is 4.51. The topological polar surface area (TPSA) is 69.0 Å². The molecule has 0 spiro atoms. The van der Waals surface area contributed by atoms with Crippen molar-refractivity contribution in [2.75, 3.05) is 25.6 Å². The number of aromatic nitrogens is 2. The van der Waals surface area contributed by atoms with Crippen LogP contribution >= 0.6 is 0 Å². The van der Waals surface area contributed by atoms with Crippen LogP contribution in [0.3, 0.4) is 0 Å². The standard InChI is InChI=1S/C33H40N4O3/c1-9-23(6)40-30-18-25(36(7)8)16-15-24(30)20-34-37-32(35-29-14-12-11-13-26(29)33(37)38)28-19-27(21(3)4)31(39-10-2)17-22(28)5/h11-21,23H,9-10H2,1-8H3/t23-/m0/s1. The first-order valence-electron chi connectivity index (χ1n) is 14.0. The summed E-state index contributed by atoms with van der Waals surface area (Å²) in [7, 11) is 3.99. The van der Waals surface area contributed by atoms with Crippen LogP contribution in [-0.4, -0.2) is 42.7 Å². The number of benzene rings is 3. The first-order valence-corrected chi connectivity index (χ1v) is 14.0. The monoisotopic (exact) mass is 540 g/mol. The normalized spacial score (nSPS) is 12.3. The lowest BCUT2D eigenvalue weighted by molar-refractivity contribution is 0.217. The molecule has 1 atom stereocenters. The third-order valence-electron chi connectivity index (χ3n) is 7.00. The van der Waals surface area contributed by atoms with Gasteiger partial charge in [0, 0.05) is 37.0 Å². The van der Waals surface area contributed by atoms with Crippen molar-refractivity contribution in [1.82, 2.24) is 9.66 Å². The van der Waals surface area contributed by atoms with Crippen molar-refractivity contribution in [3.8, 4) is 22.9 Å². The van der Waals surface area contributed by atoms with E-state index in [-0.39, 0.29) is 17.6 Å². The Morgan fingerprint density at radius 2 is 1.77 bits per heavy atom. The number of aryl methyl sites for hydroxylation is 1. The number of anilines is 1. The molecule has 0 amide bonds. The van der Waals surface area contributed by atoms with E-state index in [9.17, 15) is 4.79 Å². The average molecular weight is 541 g/mol. The minimum atomic E-state index is -0.231. The second kappa shape index (κ2) is 12.4. The first-order chi connectivity index (χ1) is 19.1. The minimum absolute atomic E-state index is 0.0335. The Hall–Kier alpha value is -4.13. The molecule has 0 bridgehead atoms. The van der Waals surface area contributed by atoms with Crippen molar-refractivity contribution in [2.45, 2.75) is 60.0 Å². The summed E-state index contributed by atoms with van der Waals surface area (Å²) in [4.78, 5) is 20.8. The predicted octanol–water partition coefficient (Wildman–Crippen LogP) is 7.02. The highest BCUT2D eigenvalue weighted by molar-refractivity contribution is 5.85. The molecule has 0 saturated carbocycles. The molecule has 4 rings (SSSR count). The Kier molecular flexibility index (Phi) is 8.93. The van der Waals surface area contributed by atoms with Gasteiger partial charge in [-0.2, -0.15) is 9.78 Å². The summed E-state index contributed by atoms with van der Waals surface area (Å²) in [6.07, 6.45) is 2.59. The number of hydrogen-bond acceptors (Lipinski definition) is 6. The zero-order chi connectivity index (χ0) is 29.0. The molecule has 1 heterocycles. The maximum Gasteiger partial charge on any atom is 0.282 e. The van der Waals surface area contributed by atoms with Gasteiger partial charge >= 0.3 is 0 Å². The molecule has 0 radical (unpaired) electrons. The molecule has 4 aromatic rings. The quantitative estimate of drug-likeness (QED) is 0.202. The Labute approximate surface area is 237 Å². The highest BCUT2D eigenvalue weighted by Crippen LogP contribution is 2.34. The van der Waals surface area contributed by atoms with Gasteiger partial charge < -0.3 is 14.4 Å². The molecule has 0 unspecified atom stereocenters. The van der Waals surface area contributed by atoms with Gasteiger partial charge in [0.25, 0.3) is 5.56 Å². The second-order valence-corrected chi connectivity index (χ2v) is 10.6. The number of nitrogens with zero attached hydrogens (tertiary/aromatic N) is 4. The summed E-state index contributed by atoms with van der Waals surface area (Å²) in [6, 6.07) is 17.5. The maximum absolute atomic E-state index is 13.8. The molecule has 0 fully saturated rings. The third kappa shape index (κ3) is 6.03. The molecular weight excluding hydrogens is 500 g/mol. The summed E-state index contributed by atoms with van der Waals surface area (Å²) in [6.45, 7) is 13.0. The summed E-state index contributed by atoms with van der Waals surface area (Å²) < 4.78 is 13.6. The lowest BCUT2D eigenvalue weighted by Crippen LogP contribution is -2.21. The molecule has 0 aliphatic carbocycles. The third-order valence-corrected chi connectivity index (χ3v) is 7.00. The van der Waals surface area contributed by atoms with Crippen molar-refractivity contribution in [3.05, 3.63) is 81.6 Å². The van der Waals surface area contributed by atoms with Gasteiger partial charge in [-0.15, -0.1) is 0 Å². The van der Waals surface area contributed by atoms with Crippen LogP contribution in [0.15, 0.2) is 64.5 Å². The molecule has 40 heavy (non-hydrogen) atoms. The van der Waals surface area contributed by atoms with E-state index in [4.69, 9.17) is 19.6 Å². The first kappa shape index (κ1) is 28.9. The molecule has 3 aromatic carbocycles. The second-order valence-electron chi connectivity index (χ2n) is 10.6. The number of fused-ring (bicyclic) bond motifs is 1. The molecule has 0 N–H and O–H groups in total. The van der Waals surface area contributed by atoms with Crippen LogP contribution in [0.2, 0.25) is 0 Å². The summed E-state index contributed by atoms with van der Waals surface area (Å²) >= 11 is 0. The fraction of sp³-hybridized carbons (Fsp3) is 0.364. The van der Waals surface area contributed by atoms with E-state index in [0.717, 1.165) is 40.1 Å². The van der Waals surface area contributed by atoms with Crippen LogP contribution in [0, 0.1) is 6.92 Å². The van der Waals surface area contributed by atoms with Crippen LogP contribution in [-0.2, 0) is 0 Å². The van der Waals surface area contributed by atoms with Gasteiger partial charge in [-0.3, -0.25) is 4.79 Å². The van der Waals surface area contributed by atoms with Gasteiger partial charge in [0.1, 0.15) is 11.5 Å². The molecule has 210 valence electrons. The van der Waals surface area contributed by atoms with E-state index in [1.54, 1.807) is 12.3 Å². The van der Waals surface area contributed by atoms with Crippen molar-refractivity contribution in [1.29, 1.82) is 0 Å². The number of ether oxygens (including phenoxy) is 2. The average Bonchev–Trinajstić information content (AvgIpc) is 2.93. The van der Waals surface area contributed by atoms with Gasteiger partial charge in [-0.05, 0) is 80.6 Å². The molecule has 0 aliphatic heterocycles. The van der Waals surface area contributed by atoms with Crippen LogP contribution < -0.4 is 19.9 Å². The van der Waals surface area contributed by atoms with Crippen LogP contribution in [0.5, 0.6) is 11.5 Å². The predicted molar refractivity (Wildman–Crippen MR) is 166 cm³/mol. The van der Waals surface area contributed by atoms with Gasteiger partial charge in [0.15, 0.2) is 5.82 Å². The Morgan fingerprint density at radius 1 is 1.02 bits per heavy atom. The van der Waals surface area contributed by atoms with E-state index in [0.29, 0.717) is 29.1 Å². The number of rotatable bonds is 10. The Bertz CT molecular complexity index is 1590. The summed E-state index contributed by atoms with van der Waals surface area (Å²) in [5.74, 6) is 2.27. The maximum atomic E-state index is 13.8. The van der Waals surface area contributed by atoms with E-state index in [1.807, 2.05) is 82.2 Å². The molecule has 0 saturated heterocycles. The van der Waals surface area contributed by atoms with E-state index >= 15 is 0 Å². The van der Waals surface area contributed by atoms with Gasteiger partial charge in [-0.1, -0.05) is 32.9 Å². The number of para-hydroxylation sites is 1. The molecule has 7 heteroatoms. The lowest BCUT2D eigenvalue weighted by atomic mass is 9.96. The van der Waals surface area contributed by atoms with Crippen LogP contribution in [0.1, 0.15) is 63.6 Å². The SMILES string of the molecule is CCOc1cc(C)c(-c2nc3ccccc3c(=O)n2N=Cc2ccc(N(C)C)cc2O[C@@H](C)CC)cc1C(C)C. The Morgan fingerprint density at radius 3 is 2.45 bits per heavy atom. The van der Waals surface area contributed by atoms with E-state index < -0.39 is 0 Å². The van der Waals surface area contributed by atoms with Gasteiger partial charge in [0.2, 0.25) is 0 Å². The Balaban J connectivity index is 1.94. The van der Waals surface area contributed by atoms with E-state index in [1.165, 1.54) is 4.68 Å². The molecule has 0 aliphatic rings. The largest absolute Gasteiger partial charge is 0.494 e.